The number of anilines is 1. The number of hydrogen-bond acceptors (Lipinski definition) is 5. The average Bonchev–Trinajstić information content (AvgIpc) is 3.07. The molecule has 112 valence electrons. The number of aromatic nitrogens is 2. The van der Waals surface area contributed by atoms with Gasteiger partial charge < -0.3 is 10.1 Å². The molecule has 22 heavy (non-hydrogen) atoms. The van der Waals surface area contributed by atoms with Gasteiger partial charge in [0, 0.05) is 23.0 Å². The van der Waals surface area contributed by atoms with Gasteiger partial charge in [0.05, 0.1) is 13.7 Å². The summed E-state index contributed by atoms with van der Waals surface area (Å²) < 4.78 is 6.69. The van der Waals surface area contributed by atoms with E-state index in [2.05, 4.69) is 10.3 Å². The number of nitrogens with zero attached hydrogens (tertiary/aromatic N) is 2. The minimum atomic E-state index is -0.177. The fraction of sp³-hybridized carbons (Fsp3) is 0.125. The number of benzene rings is 1. The maximum atomic E-state index is 12.5. The largest absolute Gasteiger partial charge is 0.497 e. The number of methoxy groups -OCH3 is 1. The summed E-state index contributed by atoms with van der Waals surface area (Å²) in [5, 5.41) is 5.09. The van der Waals surface area contributed by atoms with E-state index in [0.717, 1.165) is 16.3 Å². The highest BCUT2D eigenvalue weighted by molar-refractivity contribution is 7.09. The number of rotatable bonds is 5. The first-order chi connectivity index (χ1) is 10.8. The van der Waals surface area contributed by atoms with Crippen LogP contribution in [0.15, 0.2) is 59.0 Å². The van der Waals surface area contributed by atoms with Crippen LogP contribution in [0.2, 0.25) is 0 Å². The average molecular weight is 313 g/mol. The van der Waals surface area contributed by atoms with Gasteiger partial charge in [-0.3, -0.25) is 9.36 Å². The summed E-state index contributed by atoms with van der Waals surface area (Å²) in [6.07, 6.45) is 3.27. The minimum Gasteiger partial charge on any atom is -0.497 e. The monoisotopic (exact) mass is 313 g/mol. The minimum absolute atomic E-state index is 0.177. The zero-order chi connectivity index (χ0) is 15.4. The Morgan fingerprint density at radius 2 is 2.09 bits per heavy atom. The molecule has 3 rings (SSSR count). The molecule has 0 bridgehead atoms. The zero-order valence-electron chi connectivity index (χ0n) is 12.0. The van der Waals surface area contributed by atoms with Crippen molar-refractivity contribution in [1.29, 1.82) is 0 Å². The third kappa shape index (κ3) is 3.01. The van der Waals surface area contributed by atoms with Crippen molar-refractivity contribution >= 4 is 17.2 Å². The highest BCUT2D eigenvalue weighted by atomic mass is 32.1. The molecule has 1 aromatic carbocycles. The molecule has 0 radical (unpaired) electrons. The van der Waals surface area contributed by atoms with Gasteiger partial charge in [-0.15, -0.1) is 11.3 Å². The smallest absolute Gasteiger partial charge is 0.297 e. The standard InChI is InChI=1S/C16H15N3O2S/c1-21-13-6-4-12(5-7-13)19-9-8-17-15(16(19)20)18-11-14-3-2-10-22-14/h2-10H,11H2,1H3,(H,17,18). The van der Waals surface area contributed by atoms with E-state index in [1.807, 2.05) is 41.8 Å². The van der Waals surface area contributed by atoms with Gasteiger partial charge in [-0.25, -0.2) is 4.98 Å². The van der Waals surface area contributed by atoms with Gasteiger partial charge in [0.25, 0.3) is 5.56 Å². The van der Waals surface area contributed by atoms with Crippen molar-refractivity contribution in [2.75, 3.05) is 12.4 Å². The number of thiophene rings is 1. The topological polar surface area (TPSA) is 56.1 Å². The molecule has 0 spiro atoms. The Morgan fingerprint density at radius 1 is 1.27 bits per heavy atom. The quantitative estimate of drug-likeness (QED) is 0.787. The third-order valence-corrected chi connectivity index (χ3v) is 4.08. The second-order valence-corrected chi connectivity index (χ2v) is 5.61. The fourth-order valence-electron chi connectivity index (χ4n) is 2.06. The highest BCUT2D eigenvalue weighted by Crippen LogP contribution is 2.14. The molecule has 0 saturated heterocycles. The first-order valence-electron chi connectivity index (χ1n) is 6.76. The lowest BCUT2D eigenvalue weighted by Crippen LogP contribution is -2.22. The molecule has 0 aliphatic carbocycles. The predicted molar refractivity (Wildman–Crippen MR) is 88.0 cm³/mol. The van der Waals surface area contributed by atoms with Gasteiger partial charge in [-0.05, 0) is 35.7 Å². The number of nitrogens with one attached hydrogen (secondary N) is 1. The SMILES string of the molecule is COc1ccc(-n2ccnc(NCc3cccs3)c2=O)cc1. The molecule has 5 nitrogen and oxygen atoms in total. The summed E-state index contributed by atoms with van der Waals surface area (Å²) in [6, 6.07) is 11.3. The predicted octanol–water partition coefficient (Wildman–Crippen LogP) is 2.91. The Morgan fingerprint density at radius 3 is 2.77 bits per heavy atom. The van der Waals surface area contributed by atoms with E-state index in [1.165, 1.54) is 0 Å². The Balaban J connectivity index is 1.86. The van der Waals surface area contributed by atoms with Gasteiger partial charge in [-0.2, -0.15) is 0 Å². The van der Waals surface area contributed by atoms with Crippen LogP contribution in [-0.4, -0.2) is 16.7 Å². The summed E-state index contributed by atoms with van der Waals surface area (Å²) in [5.41, 5.74) is 0.594. The third-order valence-electron chi connectivity index (χ3n) is 3.20. The highest BCUT2D eigenvalue weighted by Gasteiger charge is 2.06. The van der Waals surface area contributed by atoms with Crippen LogP contribution >= 0.6 is 11.3 Å². The first kappa shape index (κ1) is 14.3. The van der Waals surface area contributed by atoms with Crippen molar-refractivity contribution in [2.24, 2.45) is 0 Å². The van der Waals surface area contributed by atoms with Crippen molar-refractivity contribution in [1.82, 2.24) is 9.55 Å². The van der Waals surface area contributed by atoms with Crippen molar-refractivity contribution in [2.45, 2.75) is 6.54 Å². The number of hydrogen-bond donors (Lipinski definition) is 1. The normalized spacial score (nSPS) is 10.4. The van der Waals surface area contributed by atoms with E-state index in [-0.39, 0.29) is 5.56 Å². The van der Waals surface area contributed by atoms with E-state index < -0.39 is 0 Å². The van der Waals surface area contributed by atoms with Crippen LogP contribution in [0.3, 0.4) is 0 Å². The lowest BCUT2D eigenvalue weighted by atomic mass is 10.3. The van der Waals surface area contributed by atoms with E-state index in [0.29, 0.717) is 12.4 Å². The summed E-state index contributed by atoms with van der Waals surface area (Å²) in [7, 11) is 1.61. The van der Waals surface area contributed by atoms with Gasteiger partial charge in [-0.1, -0.05) is 6.07 Å². The summed E-state index contributed by atoms with van der Waals surface area (Å²) in [6.45, 7) is 0.590. The molecule has 0 atom stereocenters. The van der Waals surface area contributed by atoms with Crippen LogP contribution in [0.5, 0.6) is 5.75 Å². The van der Waals surface area contributed by atoms with Crippen LogP contribution in [0, 0.1) is 0 Å². The Hall–Kier alpha value is -2.60. The molecule has 0 unspecified atom stereocenters. The summed E-state index contributed by atoms with van der Waals surface area (Å²) in [5.74, 6) is 1.09. The van der Waals surface area contributed by atoms with E-state index in [1.54, 1.807) is 35.4 Å². The summed E-state index contributed by atoms with van der Waals surface area (Å²) >= 11 is 1.64. The molecule has 3 aromatic rings. The van der Waals surface area contributed by atoms with E-state index in [9.17, 15) is 4.79 Å². The molecule has 1 N–H and O–H groups in total. The van der Waals surface area contributed by atoms with Crippen LogP contribution in [-0.2, 0) is 6.54 Å². The van der Waals surface area contributed by atoms with Crippen molar-refractivity contribution in [3.05, 3.63) is 69.4 Å². The van der Waals surface area contributed by atoms with Crippen LogP contribution < -0.4 is 15.6 Å². The molecule has 2 aromatic heterocycles. The lowest BCUT2D eigenvalue weighted by molar-refractivity contribution is 0.414. The van der Waals surface area contributed by atoms with Crippen LogP contribution in [0.4, 0.5) is 5.82 Å². The van der Waals surface area contributed by atoms with Gasteiger partial charge in [0.2, 0.25) is 0 Å². The maximum Gasteiger partial charge on any atom is 0.297 e. The van der Waals surface area contributed by atoms with Gasteiger partial charge in [0.1, 0.15) is 5.75 Å². The van der Waals surface area contributed by atoms with E-state index in [4.69, 9.17) is 4.74 Å². The molecule has 2 heterocycles. The van der Waals surface area contributed by atoms with Crippen molar-refractivity contribution in [3.8, 4) is 11.4 Å². The Kier molecular flexibility index (Phi) is 4.20. The molecule has 0 aliphatic heterocycles. The summed E-state index contributed by atoms with van der Waals surface area (Å²) in [4.78, 5) is 17.8. The molecular weight excluding hydrogens is 298 g/mol. The molecule has 0 saturated carbocycles. The molecule has 0 amide bonds. The van der Waals surface area contributed by atoms with Crippen LogP contribution in [0.25, 0.3) is 5.69 Å². The Bertz CT molecular complexity index is 795. The zero-order valence-corrected chi connectivity index (χ0v) is 12.8. The van der Waals surface area contributed by atoms with Gasteiger partial charge >= 0.3 is 0 Å². The molecule has 6 heteroatoms. The van der Waals surface area contributed by atoms with E-state index >= 15 is 0 Å². The lowest BCUT2D eigenvalue weighted by Gasteiger charge is -2.09. The number of ether oxygens (including phenoxy) is 1. The van der Waals surface area contributed by atoms with Gasteiger partial charge in [0.15, 0.2) is 5.82 Å². The second-order valence-electron chi connectivity index (χ2n) is 4.58. The van der Waals surface area contributed by atoms with Crippen molar-refractivity contribution in [3.63, 3.8) is 0 Å². The molecule has 0 fully saturated rings. The molecular formula is C16H15N3O2S. The maximum absolute atomic E-state index is 12.5. The van der Waals surface area contributed by atoms with Crippen molar-refractivity contribution < 1.29 is 4.74 Å². The molecule has 0 aliphatic rings. The Labute approximate surface area is 131 Å². The van der Waals surface area contributed by atoms with Crippen LogP contribution in [0.1, 0.15) is 4.88 Å². The fourth-order valence-corrected chi connectivity index (χ4v) is 2.71. The second kappa shape index (κ2) is 6.44. The first-order valence-corrected chi connectivity index (χ1v) is 7.64.